The minimum atomic E-state index is 0.0644. The zero-order valence-corrected chi connectivity index (χ0v) is 14.6. The van der Waals surface area contributed by atoms with Gasteiger partial charge in [-0.2, -0.15) is 15.4 Å². The molecule has 24 heavy (non-hydrogen) atoms. The fraction of sp³-hybridized carbons (Fsp3) is 0.412. The lowest BCUT2D eigenvalue weighted by atomic mass is 9.98. The highest BCUT2D eigenvalue weighted by molar-refractivity contribution is 7.11. The van der Waals surface area contributed by atoms with Crippen molar-refractivity contribution in [1.82, 2.24) is 25.3 Å². The Morgan fingerprint density at radius 3 is 2.92 bits per heavy atom. The Morgan fingerprint density at radius 2 is 2.12 bits per heavy atom. The molecule has 0 aliphatic carbocycles. The first-order valence-electron chi connectivity index (χ1n) is 8.15. The smallest absolute Gasteiger partial charge is 0.253 e. The number of piperidine rings is 1. The first kappa shape index (κ1) is 15.3. The predicted octanol–water partition coefficient (Wildman–Crippen LogP) is 3.05. The molecular formula is C17H19N5OS. The van der Waals surface area contributed by atoms with Gasteiger partial charge in [-0.1, -0.05) is 0 Å². The van der Waals surface area contributed by atoms with Crippen LogP contribution in [0.2, 0.25) is 0 Å². The third-order valence-corrected chi connectivity index (χ3v) is 5.90. The highest BCUT2D eigenvalue weighted by atomic mass is 32.1. The number of nitrogens with one attached hydrogen (secondary N) is 1. The number of hydrogen-bond donors (Lipinski definition) is 1. The van der Waals surface area contributed by atoms with Crippen LogP contribution < -0.4 is 0 Å². The molecule has 3 aromatic rings. The molecule has 1 aromatic carbocycles. The molecule has 0 bridgehead atoms. The van der Waals surface area contributed by atoms with E-state index >= 15 is 0 Å². The Hall–Kier alpha value is -2.28. The van der Waals surface area contributed by atoms with Gasteiger partial charge in [-0.15, -0.1) is 11.3 Å². The van der Waals surface area contributed by atoms with Crippen LogP contribution in [0.5, 0.6) is 0 Å². The second-order valence-corrected chi connectivity index (χ2v) is 7.55. The molecule has 0 unspecified atom stereocenters. The van der Waals surface area contributed by atoms with Crippen LogP contribution in [-0.2, 0) is 0 Å². The third-order valence-electron chi connectivity index (χ3n) is 4.67. The molecule has 6 nitrogen and oxygen atoms in total. The molecule has 1 aliphatic rings. The van der Waals surface area contributed by atoms with Crippen LogP contribution in [0.1, 0.15) is 44.7 Å². The van der Waals surface area contributed by atoms with E-state index < -0.39 is 0 Å². The minimum Gasteiger partial charge on any atom is -0.338 e. The first-order chi connectivity index (χ1) is 11.6. The number of thiazole rings is 1. The van der Waals surface area contributed by atoms with E-state index in [2.05, 4.69) is 22.3 Å². The van der Waals surface area contributed by atoms with Crippen molar-refractivity contribution < 1.29 is 4.79 Å². The Kier molecular flexibility index (Phi) is 3.80. The van der Waals surface area contributed by atoms with E-state index in [1.54, 1.807) is 11.3 Å². The highest BCUT2D eigenvalue weighted by Gasteiger charge is 2.27. The van der Waals surface area contributed by atoms with Gasteiger partial charge in [-0.25, -0.2) is 4.98 Å². The zero-order chi connectivity index (χ0) is 16.7. The first-order valence-corrected chi connectivity index (χ1v) is 8.97. The van der Waals surface area contributed by atoms with Gasteiger partial charge in [-0.05, 0) is 44.9 Å². The molecule has 124 valence electrons. The summed E-state index contributed by atoms with van der Waals surface area (Å²) in [7, 11) is 0. The Balaban J connectivity index is 1.55. The van der Waals surface area contributed by atoms with Crippen LogP contribution in [0.3, 0.4) is 0 Å². The van der Waals surface area contributed by atoms with E-state index in [1.165, 1.54) is 4.88 Å². The SMILES string of the molecule is Cc1nc([C@@H]2CCCN(C(=O)c3ccc4n[nH]nc4c3)C2)sc1C. The number of likely N-dealkylation sites (tertiary alicyclic amines) is 1. The molecule has 1 aliphatic heterocycles. The van der Waals surface area contributed by atoms with Crippen molar-refractivity contribution in [3.05, 3.63) is 39.3 Å². The van der Waals surface area contributed by atoms with E-state index in [4.69, 9.17) is 4.98 Å². The number of hydrogen-bond acceptors (Lipinski definition) is 5. The Morgan fingerprint density at radius 1 is 1.29 bits per heavy atom. The second-order valence-electron chi connectivity index (χ2n) is 6.31. The topological polar surface area (TPSA) is 74.8 Å². The molecule has 1 amide bonds. The Bertz CT molecular complexity index is 880. The molecule has 1 saturated heterocycles. The number of aryl methyl sites for hydroxylation is 2. The number of aromatic amines is 1. The monoisotopic (exact) mass is 341 g/mol. The van der Waals surface area contributed by atoms with Gasteiger partial charge < -0.3 is 4.90 Å². The molecule has 1 atom stereocenters. The maximum atomic E-state index is 12.9. The number of H-pyrrole nitrogens is 1. The standard InChI is InChI=1S/C17H19N5OS/c1-10-11(2)24-16(18-10)13-4-3-7-22(9-13)17(23)12-5-6-14-15(8-12)20-21-19-14/h5-6,8,13H,3-4,7,9H2,1-2H3,(H,19,20,21)/t13-/m1/s1. The number of nitrogens with zero attached hydrogens (tertiary/aromatic N) is 4. The van der Waals surface area contributed by atoms with Crippen molar-refractivity contribution >= 4 is 28.3 Å². The highest BCUT2D eigenvalue weighted by Crippen LogP contribution is 2.31. The fourth-order valence-electron chi connectivity index (χ4n) is 3.19. The maximum absolute atomic E-state index is 12.9. The summed E-state index contributed by atoms with van der Waals surface area (Å²) in [5, 5.41) is 11.8. The molecular weight excluding hydrogens is 322 g/mol. The van der Waals surface area contributed by atoms with E-state index in [0.29, 0.717) is 11.5 Å². The summed E-state index contributed by atoms with van der Waals surface area (Å²) in [5.41, 5.74) is 3.27. The summed E-state index contributed by atoms with van der Waals surface area (Å²) >= 11 is 1.76. The molecule has 1 fully saturated rings. The lowest BCUT2D eigenvalue weighted by Crippen LogP contribution is -2.39. The van der Waals surface area contributed by atoms with Crippen LogP contribution in [-0.4, -0.2) is 44.3 Å². The van der Waals surface area contributed by atoms with Crippen molar-refractivity contribution in [1.29, 1.82) is 0 Å². The number of fused-ring (bicyclic) bond motifs is 1. The molecule has 4 rings (SSSR count). The maximum Gasteiger partial charge on any atom is 0.253 e. The van der Waals surface area contributed by atoms with E-state index in [-0.39, 0.29) is 5.91 Å². The van der Waals surface area contributed by atoms with Crippen LogP contribution in [0.15, 0.2) is 18.2 Å². The summed E-state index contributed by atoms with van der Waals surface area (Å²) in [4.78, 5) is 20.8. The van der Waals surface area contributed by atoms with Gasteiger partial charge in [-0.3, -0.25) is 4.79 Å². The summed E-state index contributed by atoms with van der Waals surface area (Å²) < 4.78 is 0. The van der Waals surface area contributed by atoms with Gasteiger partial charge in [0.05, 0.1) is 10.7 Å². The van der Waals surface area contributed by atoms with Gasteiger partial charge in [0.2, 0.25) is 0 Å². The van der Waals surface area contributed by atoms with E-state index in [9.17, 15) is 4.79 Å². The van der Waals surface area contributed by atoms with Crippen molar-refractivity contribution in [3.63, 3.8) is 0 Å². The lowest BCUT2D eigenvalue weighted by Gasteiger charge is -2.32. The van der Waals surface area contributed by atoms with E-state index in [0.717, 1.165) is 47.7 Å². The number of rotatable bonds is 2. The van der Waals surface area contributed by atoms with Crippen molar-refractivity contribution in [2.45, 2.75) is 32.6 Å². The molecule has 0 saturated carbocycles. The van der Waals surface area contributed by atoms with Gasteiger partial charge >= 0.3 is 0 Å². The summed E-state index contributed by atoms with van der Waals surface area (Å²) in [6, 6.07) is 5.47. The molecule has 7 heteroatoms. The molecule has 3 heterocycles. The predicted molar refractivity (Wildman–Crippen MR) is 93.4 cm³/mol. The minimum absolute atomic E-state index is 0.0644. The molecule has 2 aromatic heterocycles. The molecule has 1 N–H and O–H groups in total. The third kappa shape index (κ3) is 2.69. The van der Waals surface area contributed by atoms with Gasteiger partial charge in [0.15, 0.2) is 0 Å². The average Bonchev–Trinajstić information content (AvgIpc) is 3.20. The van der Waals surface area contributed by atoms with Crippen LogP contribution >= 0.6 is 11.3 Å². The van der Waals surface area contributed by atoms with Gasteiger partial charge in [0, 0.05) is 29.4 Å². The lowest BCUT2D eigenvalue weighted by molar-refractivity contribution is 0.0707. The summed E-state index contributed by atoms with van der Waals surface area (Å²) in [6.45, 7) is 5.70. The van der Waals surface area contributed by atoms with Gasteiger partial charge in [0.25, 0.3) is 5.91 Å². The number of amides is 1. The zero-order valence-electron chi connectivity index (χ0n) is 13.7. The summed E-state index contributed by atoms with van der Waals surface area (Å²) in [5.74, 6) is 0.408. The van der Waals surface area contributed by atoms with Crippen LogP contribution in [0, 0.1) is 13.8 Å². The Labute approximate surface area is 143 Å². The second kappa shape index (κ2) is 5.98. The van der Waals surface area contributed by atoms with Crippen molar-refractivity contribution in [2.75, 3.05) is 13.1 Å². The average molecular weight is 341 g/mol. The quantitative estimate of drug-likeness (QED) is 0.777. The largest absolute Gasteiger partial charge is 0.338 e. The van der Waals surface area contributed by atoms with E-state index in [1.807, 2.05) is 30.0 Å². The molecule has 0 radical (unpaired) electrons. The number of carbonyl (C=O) groups excluding carboxylic acids is 1. The van der Waals surface area contributed by atoms with Gasteiger partial charge in [0.1, 0.15) is 11.0 Å². The number of carbonyl (C=O) groups is 1. The fourth-order valence-corrected chi connectivity index (χ4v) is 4.24. The summed E-state index contributed by atoms with van der Waals surface area (Å²) in [6.07, 6.45) is 2.11. The number of benzene rings is 1. The van der Waals surface area contributed by atoms with Crippen molar-refractivity contribution in [2.24, 2.45) is 0 Å². The molecule has 0 spiro atoms. The van der Waals surface area contributed by atoms with Crippen LogP contribution in [0.4, 0.5) is 0 Å². The van der Waals surface area contributed by atoms with Crippen molar-refractivity contribution in [3.8, 4) is 0 Å². The number of aromatic nitrogens is 4. The van der Waals surface area contributed by atoms with Crippen LogP contribution in [0.25, 0.3) is 11.0 Å². The normalized spacial score (nSPS) is 18.2.